The Balaban J connectivity index is 1.85. The van der Waals surface area contributed by atoms with E-state index in [2.05, 4.69) is 6.92 Å². The molecule has 0 spiro atoms. The van der Waals surface area contributed by atoms with Gasteiger partial charge in [-0.15, -0.1) is 11.8 Å². The van der Waals surface area contributed by atoms with E-state index >= 15 is 0 Å². The second kappa shape index (κ2) is 6.34. The molecule has 4 nitrogen and oxygen atoms in total. The van der Waals surface area contributed by atoms with Gasteiger partial charge in [0.1, 0.15) is 5.71 Å². The van der Waals surface area contributed by atoms with Crippen LogP contribution in [0.25, 0.3) is 0 Å². The van der Waals surface area contributed by atoms with Crippen LogP contribution in [-0.4, -0.2) is 45.5 Å². The summed E-state index contributed by atoms with van der Waals surface area (Å²) in [5.41, 5.74) is 0.912. The first-order chi connectivity index (χ1) is 10.2. The van der Waals surface area contributed by atoms with Crippen LogP contribution in [0.2, 0.25) is 0 Å². The third kappa shape index (κ3) is 2.80. The third-order valence-electron chi connectivity index (χ3n) is 4.64. The highest BCUT2D eigenvalue weighted by Crippen LogP contribution is 2.30. The molecule has 114 valence electrons. The Morgan fingerprint density at radius 3 is 2.81 bits per heavy atom. The summed E-state index contributed by atoms with van der Waals surface area (Å²) in [7, 11) is 0. The predicted molar refractivity (Wildman–Crippen MR) is 84.6 cm³/mol. The van der Waals surface area contributed by atoms with Gasteiger partial charge in [-0.3, -0.25) is 0 Å². The van der Waals surface area contributed by atoms with Gasteiger partial charge in [-0.05, 0) is 36.7 Å². The Morgan fingerprint density at radius 2 is 2.10 bits per heavy atom. The van der Waals surface area contributed by atoms with Crippen LogP contribution in [-0.2, 0) is 4.79 Å². The van der Waals surface area contributed by atoms with Crippen molar-refractivity contribution in [3.63, 3.8) is 0 Å². The Kier molecular flexibility index (Phi) is 4.48. The highest BCUT2D eigenvalue weighted by Gasteiger charge is 2.48. The van der Waals surface area contributed by atoms with Crippen molar-refractivity contribution in [2.45, 2.75) is 50.7 Å². The fourth-order valence-electron chi connectivity index (χ4n) is 3.41. The first kappa shape index (κ1) is 14.8. The van der Waals surface area contributed by atoms with Crippen molar-refractivity contribution in [1.29, 1.82) is 0 Å². The molecule has 1 fully saturated rings. The molecule has 0 bridgehead atoms. The zero-order valence-corrected chi connectivity index (χ0v) is 13.4. The molecule has 0 aromatic heterocycles. The van der Waals surface area contributed by atoms with E-state index in [0.29, 0.717) is 12.5 Å². The first-order valence-corrected chi connectivity index (χ1v) is 8.98. The van der Waals surface area contributed by atoms with E-state index in [1.807, 2.05) is 16.1 Å². The molecule has 3 aliphatic rings. The molecular weight excluding hydrogens is 284 g/mol. The lowest BCUT2D eigenvalue weighted by molar-refractivity contribution is -0.446. The van der Waals surface area contributed by atoms with Crippen LogP contribution in [0.4, 0.5) is 4.79 Å². The SMILES string of the molecule is CCCCN1C(=O)C2SC=CC2=[N+](CC2CCCC2)C1=O. The minimum Gasteiger partial charge on any atom is -0.245 e. The topological polar surface area (TPSA) is 40.4 Å². The van der Waals surface area contributed by atoms with Crippen molar-refractivity contribution in [2.75, 3.05) is 13.1 Å². The van der Waals surface area contributed by atoms with Crippen LogP contribution >= 0.6 is 11.8 Å². The number of amides is 3. The number of carbonyl (C=O) groups excluding carboxylic acids is 2. The zero-order valence-electron chi connectivity index (χ0n) is 12.6. The molecule has 1 unspecified atom stereocenters. The van der Waals surface area contributed by atoms with Gasteiger partial charge in [0.25, 0.3) is 0 Å². The number of nitrogens with zero attached hydrogens (tertiary/aromatic N) is 2. The van der Waals surface area contributed by atoms with Gasteiger partial charge in [-0.25, -0.2) is 4.79 Å². The largest absolute Gasteiger partial charge is 0.500 e. The van der Waals surface area contributed by atoms with Crippen molar-refractivity contribution >= 4 is 29.4 Å². The molecule has 21 heavy (non-hydrogen) atoms. The van der Waals surface area contributed by atoms with E-state index in [4.69, 9.17) is 0 Å². The molecule has 0 aromatic rings. The minimum atomic E-state index is -0.194. The maximum Gasteiger partial charge on any atom is 0.500 e. The molecule has 5 heteroatoms. The maximum absolute atomic E-state index is 12.7. The maximum atomic E-state index is 12.7. The number of rotatable bonds is 5. The van der Waals surface area contributed by atoms with E-state index in [0.717, 1.165) is 25.1 Å². The molecule has 0 N–H and O–H groups in total. The molecule has 2 aliphatic heterocycles. The number of fused-ring (bicyclic) bond motifs is 1. The molecule has 1 atom stereocenters. The number of urea groups is 1. The highest BCUT2D eigenvalue weighted by atomic mass is 32.2. The number of thioether (sulfide) groups is 1. The van der Waals surface area contributed by atoms with Crippen molar-refractivity contribution in [1.82, 2.24) is 4.90 Å². The summed E-state index contributed by atoms with van der Waals surface area (Å²) in [6.45, 7) is 3.42. The lowest BCUT2D eigenvalue weighted by Crippen LogP contribution is -2.56. The molecule has 0 saturated heterocycles. The third-order valence-corrected chi connectivity index (χ3v) is 5.65. The summed E-state index contributed by atoms with van der Waals surface area (Å²) in [6.07, 6.45) is 8.80. The van der Waals surface area contributed by atoms with E-state index in [1.165, 1.54) is 42.3 Å². The van der Waals surface area contributed by atoms with Crippen LogP contribution < -0.4 is 0 Å². The van der Waals surface area contributed by atoms with Gasteiger partial charge in [-0.2, -0.15) is 14.3 Å². The first-order valence-electron chi connectivity index (χ1n) is 8.04. The van der Waals surface area contributed by atoms with Crippen LogP contribution in [0.15, 0.2) is 11.5 Å². The summed E-state index contributed by atoms with van der Waals surface area (Å²) in [5.74, 6) is 0.573. The number of hydrogen-bond donors (Lipinski definition) is 0. The molecule has 0 aromatic carbocycles. The quantitative estimate of drug-likeness (QED) is 0.733. The van der Waals surface area contributed by atoms with Crippen molar-refractivity contribution in [3.05, 3.63) is 11.5 Å². The van der Waals surface area contributed by atoms with Gasteiger partial charge < -0.3 is 0 Å². The molecule has 2 heterocycles. The molecule has 1 saturated carbocycles. The van der Waals surface area contributed by atoms with Gasteiger partial charge in [0.15, 0.2) is 5.25 Å². The average molecular weight is 307 g/mol. The second-order valence-corrected chi connectivity index (χ2v) is 7.15. The van der Waals surface area contributed by atoms with Crippen LogP contribution in [0.3, 0.4) is 0 Å². The number of hydrogen-bond acceptors (Lipinski definition) is 3. The van der Waals surface area contributed by atoms with Gasteiger partial charge in [0.05, 0.1) is 13.1 Å². The van der Waals surface area contributed by atoms with Gasteiger partial charge in [-0.1, -0.05) is 26.2 Å². The monoisotopic (exact) mass is 307 g/mol. The van der Waals surface area contributed by atoms with E-state index < -0.39 is 0 Å². The Morgan fingerprint density at radius 1 is 1.33 bits per heavy atom. The average Bonchev–Trinajstić information content (AvgIpc) is 3.14. The van der Waals surface area contributed by atoms with Crippen molar-refractivity contribution in [2.24, 2.45) is 5.92 Å². The Labute approximate surface area is 130 Å². The lowest BCUT2D eigenvalue weighted by Gasteiger charge is -2.25. The number of imide groups is 1. The smallest absolute Gasteiger partial charge is 0.245 e. The Bertz CT molecular complexity index is 506. The second-order valence-electron chi connectivity index (χ2n) is 6.13. The number of allylic oxidation sites excluding steroid dienone is 1. The van der Waals surface area contributed by atoms with Crippen LogP contribution in [0, 0.1) is 5.92 Å². The lowest BCUT2D eigenvalue weighted by atomic mass is 10.1. The molecule has 0 radical (unpaired) electrons. The molecule has 3 amide bonds. The predicted octanol–water partition coefficient (Wildman–Crippen LogP) is 3.02. The fraction of sp³-hybridized carbons (Fsp3) is 0.688. The number of carbonyl (C=O) groups is 2. The normalized spacial score (nSPS) is 26.1. The standard InChI is InChI=1S/C16H23N2O2S/c1-2-3-9-17-15(19)14-13(8-10-21-14)18(16(17)20)11-12-6-4-5-7-12/h8,10,12,14H,2-7,9,11H2,1H3/q+1. The Hall–Kier alpha value is -1.10. The van der Waals surface area contributed by atoms with Gasteiger partial charge in [0, 0.05) is 0 Å². The van der Waals surface area contributed by atoms with E-state index in [-0.39, 0.29) is 17.2 Å². The molecular formula is C16H23N2O2S+. The zero-order chi connectivity index (χ0) is 14.8. The number of unbranched alkanes of at least 4 members (excludes halogenated alkanes) is 1. The minimum absolute atomic E-state index is 0.0267. The highest BCUT2D eigenvalue weighted by molar-refractivity contribution is 8.04. The van der Waals surface area contributed by atoms with E-state index in [1.54, 1.807) is 0 Å². The van der Waals surface area contributed by atoms with Gasteiger partial charge in [0.2, 0.25) is 0 Å². The van der Waals surface area contributed by atoms with Crippen molar-refractivity contribution < 1.29 is 14.2 Å². The summed E-state index contributed by atoms with van der Waals surface area (Å²) in [5, 5.41) is 1.76. The van der Waals surface area contributed by atoms with Crippen molar-refractivity contribution in [3.8, 4) is 0 Å². The fourth-order valence-corrected chi connectivity index (χ4v) is 4.37. The van der Waals surface area contributed by atoms with Crippen LogP contribution in [0.1, 0.15) is 45.4 Å². The summed E-state index contributed by atoms with van der Waals surface area (Å²) in [6, 6.07) is -0.0984. The molecule has 3 rings (SSSR count). The molecule has 1 aliphatic carbocycles. The van der Waals surface area contributed by atoms with Gasteiger partial charge >= 0.3 is 11.9 Å². The summed E-state index contributed by atoms with van der Waals surface area (Å²) >= 11 is 1.53. The van der Waals surface area contributed by atoms with Crippen LogP contribution in [0.5, 0.6) is 0 Å². The van der Waals surface area contributed by atoms with E-state index in [9.17, 15) is 9.59 Å². The summed E-state index contributed by atoms with van der Waals surface area (Å²) in [4.78, 5) is 26.7. The summed E-state index contributed by atoms with van der Waals surface area (Å²) < 4.78 is 1.88.